The summed E-state index contributed by atoms with van der Waals surface area (Å²) >= 11 is 5.78. The Morgan fingerprint density at radius 3 is 2.39 bits per heavy atom. The fourth-order valence-electron chi connectivity index (χ4n) is 4.08. The summed E-state index contributed by atoms with van der Waals surface area (Å²) in [5, 5.41) is 5.81. The summed E-state index contributed by atoms with van der Waals surface area (Å²) in [6.45, 7) is 8.43. The summed E-state index contributed by atoms with van der Waals surface area (Å²) in [5.74, 6) is -0.816. The minimum Gasteiger partial charge on any atom is -0.352 e. The normalized spacial score (nSPS) is 16.0. The summed E-state index contributed by atoms with van der Waals surface area (Å²) in [5.41, 5.74) is 3.35. The van der Waals surface area contributed by atoms with Gasteiger partial charge in [-0.05, 0) is 75.1 Å². The van der Waals surface area contributed by atoms with Crippen molar-refractivity contribution in [1.82, 2.24) is 15.5 Å². The first kappa shape index (κ1) is 23.2. The molecule has 2 aromatic carbocycles. The van der Waals surface area contributed by atoms with Gasteiger partial charge in [0.15, 0.2) is 0 Å². The molecule has 2 N–H and O–H groups in total. The number of halogens is 2. The topological polar surface area (TPSA) is 61.4 Å². The van der Waals surface area contributed by atoms with Crippen LogP contribution in [-0.4, -0.2) is 42.4 Å². The van der Waals surface area contributed by atoms with E-state index in [1.165, 1.54) is 23.8 Å². The van der Waals surface area contributed by atoms with Gasteiger partial charge in [0, 0.05) is 42.8 Å². The van der Waals surface area contributed by atoms with Crippen molar-refractivity contribution in [3.05, 3.63) is 69.5 Å². The first-order chi connectivity index (χ1) is 14.8. The average molecular weight is 446 g/mol. The zero-order valence-electron chi connectivity index (χ0n) is 18.2. The van der Waals surface area contributed by atoms with Gasteiger partial charge in [0.1, 0.15) is 5.82 Å². The lowest BCUT2D eigenvalue weighted by molar-refractivity contribution is 0.0894. The Balaban J connectivity index is 1.57. The van der Waals surface area contributed by atoms with Gasteiger partial charge in [0.2, 0.25) is 0 Å². The van der Waals surface area contributed by atoms with Crippen LogP contribution in [0.1, 0.15) is 64.6 Å². The van der Waals surface area contributed by atoms with E-state index in [1.807, 2.05) is 32.0 Å². The molecule has 5 nitrogen and oxygen atoms in total. The Kier molecular flexibility index (Phi) is 7.68. The third-order valence-electron chi connectivity index (χ3n) is 5.91. The van der Waals surface area contributed by atoms with E-state index in [-0.39, 0.29) is 28.9 Å². The molecule has 0 spiro atoms. The van der Waals surface area contributed by atoms with E-state index < -0.39 is 5.82 Å². The van der Waals surface area contributed by atoms with E-state index in [4.69, 9.17) is 11.6 Å². The fraction of sp³-hybridized carbons (Fsp3) is 0.417. The summed E-state index contributed by atoms with van der Waals surface area (Å²) in [6.07, 6.45) is 1.67. The predicted molar refractivity (Wildman–Crippen MR) is 121 cm³/mol. The van der Waals surface area contributed by atoms with Crippen molar-refractivity contribution >= 4 is 23.4 Å². The van der Waals surface area contributed by atoms with Crippen LogP contribution in [0, 0.1) is 12.7 Å². The molecule has 2 amide bonds. The molecule has 0 bridgehead atoms. The standard InChI is InChI=1S/C24H29ClFN3O2/c1-4-27-23(30)17-5-7-20(15(2)13-17)16(3)29-11-9-19(10-12-29)28-24(31)18-6-8-22(26)21(25)14-18/h5-8,13-14,16,19H,4,9-12H2,1-3H3,(H,27,30)(H,28,31). The van der Waals surface area contributed by atoms with Crippen molar-refractivity contribution in [2.24, 2.45) is 0 Å². The number of nitrogens with zero attached hydrogens (tertiary/aromatic N) is 1. The first-order valence-corrected chi connectivity index (χ1v) is 11.1. The van der Waals surface area contributed by atoms with Gasteiger partial charge in [0.05, 0.1) is 5.02 Å². The molecule has 1 heterocycles. The van der Waals surface area contributed by atoms with Gasteiger partial charge in [-0.25, -0.2) is 4.39 Å². The van der Waals surface area contributed by atoms with Gasteiger partial charge in [-0.1, -0.05) is 17.7 Å². The van der Waals surface area contributed by atoms with Crippen LogP contribution in [0.4, 0.5) is 4.39 Å². The minimum atomic E-state index is -0.533. The monoisotopic (exact) mass is 445 g/mol. The molecule has 1 aliphatic heterocycles. The second-order valence-electron chi connectivity index (χ2n) is 8.02. The molecule has 0 aromatic heterocycles. The molecule has 2 aromatic rings. The number of aryl methyl sites for hydroxylation is 1. The minimum absolute atomic E-state index is 0.0511. The zero-order valence-corrected chi connectivity index (χ0v) is 18.9. The van der Waals surface area contributed by atoms with Gasteiger partial charge in [-0.15, -0.1) is 0 Å². The third kappa shape index (κ3) is 5.63. The highest BCUT2D eigenvalue weighted by atomic mass is 35.5. The summed E-state index contributed by atoms with van der Waals surface area (Å²) in [6, 6.07) is 10.2. The van der Waals surface area contributed by atoms with Gasteiger partial charge in [-0.2, -0.15) is 0 Å². The van der Waals surface area contributed by atoms with E-state index in [2.05, 4.69) is 22.5 Å². The number of benzene rings is 2. The van der Waals surface area contributed by atoms with E-state index in [9.17, 15) is 14.0 Å². The molecule has 0 aliphatic carbocycles. The SMILES string of the molecule is CCNC(=O)c1ccc(C(C)N2CCC(NC(=O)c3ccc(F)c(Cl)c3)CC2)c(C)c1. The lowest BCUT2D eigenvalue weighted by Gasteiger charge is -2.37. The molecule has 0 radical (unpaired) electrons. The summed E-state index contributed by atoms with van der Waals surface area (Å²) in [4.78, 5) is 26.9. The second-order valence-corrected chi connectivity index (χ2v) is 8.43. The van der Waals surface area contributed by atoms with Gasteiger partial charge in [0.25, 0.3) is 11.8 Å². The van der Waals surface area contributed by atoms with Crippen molar-refractivity contribution in [2.75, 3.05) is 19.6 Å². The smallest absolute Gasteiger partial charge is 0.251 e. The van der Waals surface area contributed by atoms with Crippen LogP contribution in [0.5, 0.6) is 0 Å². The Morgan fingerprint density at radius 2 is 1.77 bits per heavy atom. The Labute approximate surface area is 188 Å². The van der Waals surface area contributed by atoms with Crippen LogP contribution < -0.4 is 10.6 Å². The van der Waals surface area contributed by atoms with Gasteiger partial charge in [-0.3, -0.25) is 14.5 Å². The average Bonchev–Trinajstić information content (AvgIpc) is 2.75. The quantitative estimate of drug-likeness (QED) is 0.688. The van der Waals surface area contributed by atoms with Crippen LogP contribution in [0.15, 0.2) is 36.4 Å². The van der Waals surface area contributed by atoms with Crippen LogP contribution >= 0.6 is 11.6 Å². The molecule has 3 rings (SSSR count). The molecule has 1 fully saturated rings. The molecule has 1 saturated heterocycles. The molecule has 0 saturated carbocycles. The van der Waals surface area contributed by atoms with Crippen LogP contribution in [0.25, 0.3) is 0 Å². The molecular weight excluding hydrogens is 417 g/mol. The maximum absolute atomic E-state index is 13.3. The molecule has 1 unspecified atom stereocenters. The predicted octanol–water partition coefficient (Wildman–Crippen LogP) is 4.49. The second kappa shape index (κ2) is 10.2. The van der Waals surface area contributed by atoms with Crippen LogP contribution in [-0.2, 0) is 0 Å². The number of rotatable bonds is 6. The maximum atomic E-state index is 13.3. The van der Waals surface area contributed by atoms with Crippen molar-refractivity contribution in [3.8, 4) is 0 Å². The van der Waals surface area contributed by atoms with Crippen LogP contribution in [0.3, 0.4) is 0 Å². The van der Waals surface area contributed by atoms with E-state index in [0.29, 0.717) is 17.7 Å². The zero-order chi connectivity index (χ0) is 22.5. The van der Waals surface area contributed by atoms with E-state index in [0.717, 1.165) is 31.5 Å². The Bertz CT molecular complexity index is 958. The summed E-state index contributed by atoms with van der Waals surface area (Å²) in [7, 11) is 0. The molecule has 1 atom stereocenters. The van der Waals surface area contributed by atoms with Crippen molar-refractivity contribution < 1.29 is 14.0 Å². The number of hydrogen-bond acceptors (Lipinski definition) is 3. The van der Waals surface area contributed by atoms with E-state index >= 15 is 0 Å². The number of carbonyl (C=O) groups excluding carboxylic acids is 2. The maximum Gasteiger partial charge on any atom is 0.251 e. The Hall–Kier alpha value is -2.44. The lowest BCUT2D eigenvalue weighted by Crippen LogP contribution is -2.45. The number of likely N-dealkylation sites (tertiary alicyclic amines) is 1. The van der Waals surface area contributed by atoms with Crippen LogP contribution in [0.2, 0.25) is 5.02 Å². The lowest BCUT2D eigenvalue weighted by atomic mass is 9.95. The number of piperidine rings is 1. The van der Waals surface area contributed by atoms with Crippen molar-refractivity contribution in [2.45, 2.75) is 45.7 Å². The number of carbonyl (C=O) groups is 2. The van der Waals surface area contributed by atoms with E-state index in [1.54, 1.807) is 0 Å². The summed E-state index contributed by atoms with van der Waals surface area (Å²) < 4.78 is 13.3. The molecule has 1 aliphatic rings. The Morgan fingerprint density at radius 1 is 1.13 bits per heavy atom. The molecule has 166 valence electrons. The highest BCUT2D eigenvalue weighted by Gasteiger charge is 2.26. The first-order valence-electron chi connectivity index (χ1n) is 10.7. The molecular formula is C24H29ClFN3O2. The number of nitrogens with one attached hydrogen (secondary N) is 2. The fourth-order valence-corrected chi connectivity index (χ4v) is 4.26. The molecule has 7 heteroatoms. The largest absolute Gasteiger partial charge is 0.352 e. The molecule has 31 heavy (non-hydrogen) atoms. The number of hydrogen-bond donors (Lipinski definition) is 2. The van der Waals surface area contributed by atoms with Crippen molar-refractivity contribution in [3.63, 3.8) is 0 Å². The van der Waals surface area contributed by atoms with Gasteiger partial charge >= 0.3 is 0 Å². The highest BCUT2D eigenvalue weighted by Crippen LogP contribution is 2.27. The van der Waals surface area contributed by atoms with Gasteiger partial charge < -0.3 is 10.6 Å². The third-order valence-corrected chi connectivity index (χ3v) is 6.20. The highest BCUT2D eigenvalue weighted by molar-refractivity contribution is 6.31. The van der Waals surface area contributed by atoms with Crippen molar-refractivity contribution in [1.29, 1.82) is 0 Å². The number of amides is 2.